The summed E-state index contributed by atoms with van der Waals surface area (Å²) in [5.41, 5.74) is 0.167. The monoisotopic (exact) mass is 218 g/mol. The van der Waals surface area contributed by atoms with Gasteiger partial charge in [-0.05, 0) is 24.3 Å². The molecule has 0 bridgehead atoms. The van der Waals surface area contributed by atoms with Crippen molar-refractivity contribution in [2.24, 2.45) is 0 Å². The molecule has 0 fully saturated rings. The number of aromatic carboxylic acids is 2. The van der Waals surface area contributed by atoms with Gasteiger partial charge in [0.25, 0.3) is 0 Å². The molecule has 0 aliphatic rings. The van der Waals surface area contributed by atoms with E-state index in [0.29, 0.717) is 0 Å². The molecule has 13 heavy (non-hydrogen) atoms. The molecule has 0 spiro atoms. The van der Waals surface area contributed by atoms with Gasteiger partial charge in [0, 0.05) is 17.4 Å². The van der Waals surface area contributed by atoms with Crippen LogP contribution in [0, 0.1) is 0 Å². The van der Waals surface area contributed by atoms with E-state index >= 15 is 0 Å². The molecule has 0 saturated carbocycles. The Morgan fingerprint density at radius 3 is 1.23 bits per heavy atom. The normalized spacial score (nSPS) is 8.62. The van der Waals surface area contributed by atoms with Gasteiger partial charge in [0.15, 0.2) is 0 Å². The Morgan fingerprint density at radius 2 is 1.08 bits per heavy atom. The topological polar surface area (TPSA) is 74.6 Å². The summed E-state index contributed by atoms with van der Waals surface area (Å²) in [5.74, 6) is -2.13. The van der Waals surface area contributed by atoms with Gasteiger partial charge in [-0.2, -0.15) is 0 Å². The number of hydrogen-bond acceptors (Lipinski definition) is 2. The zero-order valence-corrected chi connectivity index (χ0v) is 7.70. The molecule has 0 heterocycles. The van der Waals surface area contributed by atoms with Gasteiger partial charge < -0.3 is 10.2 Å². The molecule has 1 rings (SSSR count). The fourth-order valence-electron chi connectivity index (χ4n) is 0.755. The Morgan fingerprint density at radius 1 is 0.846 bits per heavy atom. The minimum atomic E-state index is -1.06. The van der Waals surface area contributed by atoms with Gasteiger partial charge in [-0.3, -0.25) is 0 Å². The second kappa shape index (κ2) is 4.65. The molecule has 0 amide bonds. The molecule has 4 nitrogen and oxygen atoms in total. The third-order valence-electron chi connectivity index (χ3n) is 1.38. The summed E-state index contributed by atoms with van der Waals surface area (Å²) < 4.78 is 0. The molecular weight excluding hydrogens is 212 g/mol. The van der Waals surface area contributed by atoms with Crippen molar-refractivity contribution in [2.45, 2.75) is 0 Å². The van der Waals surface area contributed by atoms with E-state index in [1.807, 2.05) is 0 Å². The van der Waals surface area contributed by atoms with Crippen LogP contribution in [0.3, 0.4) is 0 Å². The first kappa shape index (κ1) is 11.7. The Bertz CT molecular complexity index is 284. The van der Waals surface area contributed by atoms with Gasteiger partial charge in [0.05, 0.1) is 11.1 Å². The largest absolute Gasteiger partial charge is 0.478 e. The van der Waals surface area contributed by atoms with Crippen molar-refractivity contribution in [3.05, 3.63) is 35.4 Å². The van der Waals surface area contributed by atoms with E-state index < -0.39 is 11.9 Å². The molecule has 2 N–H and O–H groups in total. The van der Waals surface area contributed by atoms with Gasteiger partial charge in [0.1, 0.15) is 0 Å². The van der Waals surface area contributed by atoms with Gasteiger partial charge >= 0.3 is 11.9 Å². The quantitative estimate of drug-likeness (QED) is 0.778. The van der Waals surface area contributed by atoms with Crippen LogP contribution in [-0.2, 0) is 17.4 Å². The number of hydrogen-bond donors (Lipinski definition) is 2. The minimum Gasteiger partial charge on any atom is -0.478 e. The van der Waals surface area contributed by atoms with Crippen LogP contribution in [0.15, 0.2) is 24.3 Å². The first-order chi connectivity index (χ1) is 5.61. The van der Waals surface area contributed by atoms with Crippen LogP contribution in [0.1, 0.15) is 20.7 Å². The molecule has 1 aromatic carbocycles. The second-order valence-corrected chi connectivity index (χ2v) is 2.19. The fraction of sp³-hybridized carbons (Fsp3) is 0. The average molecular weight is 218 g/mol. The van der Waals surface area contributed by atoms with Crippen LogP contribution >= 0.6 is 0 Å². The van der Waals surface area contributed by atoms with Crippen molar-refractivity contribution in [3.8, 4) is 0 Å². The van der Waals surface area contributed by atoms with E-state index in [1.165, 1.54) is 24.3 Å². The predicted octanol–water partition coefficient (Wildman–Crippen LogP) is 1.08. The second-order valence-electron chi connectivity index (χ2n) is 2.19. The number of carbonyl (C=O) groups is 2. The van der Waals surface area contributed by atoms with E-state index in [9.17, 15) is 9.59 Å². The first-order valence-corrected chi connectivity index (χ1v) is 3.18. The SMILES string of the molecule is O=C(O)c1ccc(C(=O)O)cc1.[Cr]. The maximum absolute atomic E-state index is 10.3. The van der Waals surface area contributed by atoms with Crippen LogP contribution in [0.5, 0.6) is 0 Å². The molecule has 0 unspecified atom stereocenters. The minimum absolute atomic E-state index is 0. The van der Waals surface area contributed by atoms with Crippen molar-refractivity contribution < 1.29 is 37.2 Å². The van der Waals surface area contributed by atoms with Crippen LogP contribution in [0.2, 0.25) is 0 Å². The fourth-order valence-corrected chi connectivity index (χ4v) is 0.755. The number of benzene rings is 1. The van der Waals surface area contributed by atoms with E-state index in [1.54, 1.807) is 0 Å². The zero-order valence-electron chi connectivity index (χ0n) is 6.43. The van der Waals surface area contributed by atoms with Crippen molar-refractivity contribution in [3.63, 3.8) is 0 Å². The predicted molar refractivity (Wildman–Crippen MR) is 40.4 cm³/mol. The maximum atomic E-state index is 10.3. The molecule has 68 valence electrons. The smallest absolute Gasteiger partial charge is 0.335 e. The summed E-state index contributed by atoms with van der Waals surface area (Å²) in [6.45, 7) is 0. The molecule has 0 aliphatic carbocycles. The number of carboxylic acids is 2. The van der Waals surface area contributed by atoms with Gasteiger partial charge in [-0.1, -0.05) is 0 Å². The van der Waals surface area contributed by atoms with Gasteiger partial charge in [-0.15, -0.1) is 0 Å². The molecule has 5 heteroatoms. The maximum Gasteiger partial charge on any atom is 0.335 e. The van der Waals surface area contributed by atoms with E-state index in [4.69, 9.17) is 10.2 Å². The third-order valence-corrected chi connectivity index (χ3v) is 1.38. The summed E-state index contributed by atoms with van der Waals surface area (Å²) in [6, 6.07) is 5.02. The summed E-state index contributed by atoms with van der Waals surface area (Å²) >= 11 is 0. The van der Waals surface area contributed by atoms with Crippen LogP contribution in [-0.4, -0.2) is 22.2 Å². The van der Waals surface area contributed by atoms with E-state index in [-0.39, 0.29) is 28.5 Å². The summed E-state index contributed by atoms with van der Waals surface area (Å²) in [4.78, 5) is 20.7. The summed E-state index contributed by atoms with van der Waals surface area (Å²) in [6.07, 6.45) is 0. The Labute approximate surface area is 84.9 Å². The van der Waals surface area contributed by atoms with Gasteiger partial charge in [0.2, 0.25) is 0 Å². The van der Waals surface area contributed by atoms with Crippen LogP contribution in [0.25, 0.3) is 0 Å². The molecule has 1 aromatic rings. The van der Waals surface area contributed by atoms with Crippen molar-refractivity contribution in [1.82, 2.24) is 0 Å². The Hall–Kier alpha value is -1.31. The van der Waals surface area contributed by atoms with Crippen LogP contribution in [0.4, 0.5) is 0 Å². The average Bonchev–Trinajstić information content (AvgIpc) is 2.04. The molecule has 0 saturated heterocycles. The third kappa shape index (κ3) is 2.90. The summed E-state index contributed by atoms with van der Waals surface area (Å²) in [5, 5.41) is 16.9. The molecule has 0 atom stereocenters. The van der Waals surface area contributed by atoms with Crippen molar-refractivity contribution in [2.75, 3.05) is 0 Å². The zero-order chi connectivity index (χ0) is 9.14. The Balaban J connectivity index is 0.00000144. The number of carboxylic acid groups (broad SMARTS) is 2. The van der Waals surface area contributed by atoms with Crippen molar-refractivity contribution in [1.29, 1.82) is 0 Å². The molecule has 0 aromatic heterocycles. The van der Waals surface area contributed by atoms with Gasteiger partial charge in [-0.25, -0.2) is 9.59 Å². The molecular formula is C8H6CrO4. The van der Waals surface area contributed by atoms with Crippen LogP contribution < -0.4 is 0 Å². The van der Waals surface area contributed by atoms with Crippen molar-refractivity contribution >= 4 is 11.9 Å². The van der Waals surface area contributed by atoms with E-state index in [2.05, 4.69) is 0 Å². The summed E-state index contributed by atoms with van der Waals surface area (Å²) in [7, 11) is 0. The standard InChI is InChI=1S/C8H6O4.Cr/c9-7(10)5-1-2-6(4-3-5)8(11)12;/h1-4H,(H,9,10)(H,11,12);. The molecule has 0 aliphatic heterocycles. The first-order valence-electron chi connectivity index (χ1n) is 3.18. The molecule has 0 radical (unpaired) electrons. The van der Waals surface area contributed by atoms with E-state index in [0.717, 1.165) is 0 Å². The number of rotatable bonds is 2. The Kier molecular flexibility index (Phi) is 4.19.